The minimum atomic E-state index is -0.440. The zero-order valence-electron chi connectivity index (χ0n) is 15.0. The van der Waals surface area contributed by atoms with Crippen LogP contribution in [0.3, 0.4) is 0 Å². The van der Waals surface area contributed by atoms with Crippen molar-refractivity contribution in [1.29, 1.82) is 0 Å². The number of carbonyl (C=O) groups excluding carboxylic acids is 1. The molecule has 2 atom stereocenters. The van der Waals surface area contributed by atoms with Crippen molar-refractivity contribution in [1.82, 2.24) is 10.6 Å². The SMILES string of the molecule is COc1ccc(C)cc1C1(CNC(=O)[C@H]2C[C@@H](O)CN2)CCOCC1. The summed E-state index contributed by atoms with van der Waals surface area (Å²) in [4.78, 5) is 12.5. The van der Waals surface area contributed by atoms with Gasteiger partial charge >= 0.3 is 0 Å². The topological polar surface area (TPSA) is 79.8 Å². The third-order valence-corrected chi connectivity index (χ3v) is 5.40. The zero-order valence-corrected chi connectivity index (χ0v) is 15.0. The number of hydrogen-bond acceptors (Lipinski definition) is 5. The first-order valence-corrected chi connectivity index (χ1v) is 8.96. The van der Waals surface area contributed by atoms with Crippen molar-refractivity contribution < 1.29 is 19.4 Å². The number of methoxy groups -OCH3 is 1. The van der Waals surface area contributed by atoms with Crippen LogP contribution < -0.4 is 15.4 Å². The Kier molecular flexibility index (Phi) is 5.61. The molecule has 1 aromatic carbocycles. The van der Waals surface area contributed by atoms with E-state index in [1.165, 1.54) is 5.56 Å². The molecule has 0 aromatic heterocycles. The third-order valence-electron chi connectivity index (χ3n) is 5.40. The molecule has 2 heterocycles. The summed E-state index contributed by atoms with van der Waals surface area (Å²) in [5.74, 6) is 0.810. The van der Waals surface area contributed by atoms with Crippen LogP contribution in [0.25, 0.3) is 0 Å². The summed E-state index contributed by atoms with van der Waals surface area (Å²) in [5, 5.41) is 15.8. The molecule has 0 saturated carbocycles. The molecule has 0 bridgehead atoms. The Balaban J connectivity index is 1.79. The van der Waals surface area contributed by atoms with Gasteiger partial charge in [0.2, 0.25) is 5.91 Å². The molecule has 2 fully saturated rings. The molecule has 138 valence electrons. The molecule has 2 aliphatic rings. The van der Waals surface area contributed by atoms with Crippen LogP contribution >= 0.6 is 0 Å². The van der Waals surface area contributed by atoms with E-state index in [-0.39, 0.29) is 17.4 Å². The molecule has 2 saturated heterocycles. The average Bonchev–Trinajstić information content (AvgIpc) is 3.07. The molecule has 2 aliphatic heterocycles. The van der Waals surface area contributed by atoms with E-state index in [0.29, 0.717) is 32.7 Å². The van der Waals surface area contributed by atoms with Crippen LogP contribution in [0.1, 0.15) is 30.4 Å². The summed E-state index contributed by atoms with van der Waals surface area (Å²) < 4.78 is 11.2. The monoisotopic (exact) mass is 348 g/mol. The number of ether oxygens (including phenoxy) is 2. The minimum absolute atomic E-state index is 0.0472. The Bertz CT molecular complexity index is 613. The smallest absolute Gasteiger partial charge is 0.237 e. The van der Waals surface area contributed by atoms with Crippen LogP contribution in [0.2, 0.25) is 0 Å². The number of amides is 1. The van der Waals surface area contributed by atoms with E-state index in [0.717, 1.165) is 24.2 Å². The molecular formula is C19H28N2O4. The van der Waals surface area contributed by atoms with Crippen LogP contribution in [-0.4, -0.2) is 56.6 Å². The lowest BCUT2D eigenvalue weighted by molar-refractivity contribution is -0.123. The van der Waals surface area contributed by atoms with Gasteiger partial charge in [-0.2, -0.15) is 0 Å². The van der Waals surface area contributed by atoms with Crippen molar-refractivity contribution in [3.63, 3.8) is 0 Å². The highest BCUT2D eigenvalue weighted by molar-refractivity contribution is 5.82. The number of aliphatic hydroxyl groups is 1. The highest BCUT2D eigenvalue weighted by Crippen LogP contribution is 2.40. The summed E-state index contributed by atoms with van der Waals surface area (Å²) in [5.41, 5.74) is 2.12. The van der Waals surface area contributed by atoms with Crippen molar-refractivity contribution >= 4 is 5.91 Å². The standard InChI is InChI=1S/C19H28N2O4/c1-13-3-4-17(24-2)15(9-13)19(5-7-25-8-6-19)12-21-18(23)16-10-14(22)11-20-16/h3-4,9,14,16,20,22H,5-8,10-12H2,1-2H3,(H,21,23)/t14-,16-/m1/s1. The second kappa shape index (κ2) is 7.72. The molecule has 6 nitrogen and oxygen atoms in total. The van der Waals surface area contributed by atoms with Crippen LogP contribution in [0.5, 0.6) is 5.75 Å². The van der Waals surface area contributed by atoms with E-state index in [9.17, 15) is 9.90 Å². The first-order valence-electron chi connectivity index (χ1n) is 8.96. The number of β-amino-alcohol motifs (C(OH)–C–C–N with tert-alkyl or cyclic N) is 1. The van der Waals surface area contributed by atoms with Crippen molar-refractivity contribution in [3.8, 4) is 5.75 Å². The molecule has 6 heteroatoms. The molecular weight excluding hydrogens is 320 g/mol. The summed E-state index contributed by atoms with van der Waals surface area (Å²) in [6, 6.07) is 5.89. The number of nitrogens with one attached hydrogen (secondary N) is 2. The number of carbonyl (C=O) groups is 1. The number of hydrogen-bond donors (Lipinski definition) is 3. The summed E-state index contributed by atoms with van der Waals surface area (Å²) >= 11 is 0. The molecule has 0 unspecified atom stereocenters. The zero-order chi connectivity index (χ0) is 17.9. The minimum Gasteiger partial charge on any atom is -0.496 e. The van der Waals surface area contributed by atoms with Gasteiger partial charge in [0.25, 0.3) is 0 Å². The maximum absolute atomic E-state index is 12.5. The fourth-order valence-corrected chi connectivity index (χ4v) is 3.84. The molecule has 25 heavy (non-hydrogen) atoms. The highest BCUT2D eigenvalue weighted by atomic mass is 16.5. The van der Waals surface area contributed by atoms with Crippen LogP contribution in [0, 0.1) is 6.92 Å². The molecule has 3 rings (SSSR count). The predicted octanol–water partition coefficient (Wildman–Crippen LogP) is 0.891. The number of rotatable bonds is 5. The molecule has 3 N–H and O–H groups in total. The largest absolute Gasteiger partial charge is 0.496 e. The van der Waals surface area contributed by atoms with Gasteiger partial charge in [0.15, 0.2) is 0 Å². The normalized spacial score (nSPS) is 25.6. The molecule has 0 spiro atoms. The number of aliphatic hydroxyl groups excluding tert-OH is 1. The van der Waals surface area contributed by atoms with Gasteiger partial charge in [0.05, 0.1) is 19.3 Å². The van der Waals surface area contributed by atoms with E-state index in [1.807, 2.05) is 12.1 Å². The van der Waals surface area contributed by atoms with Crippen LogP contribution in [0.15, 0.2) is 18.2 Å². The van der Waals surface area contributed by atoms with E-state index < -0.39 is 6.10 Å². The van der Waals surface area contributed by atoms with Gasteiger partial charge < -0.3 is 25.2 Å². The van der Waals surface area contributed by atoms with E-state index in [4.69, 9.17) is 9.47 Å². The van der Waals surface area contributed by atoms with Gasteiger partial charge in [-0.1, -0.05) is 17.7 Å². The van der Waals surface area contributed by atoms with Crippen molar-refractivity contribution in [2.45, 2.75) is 43.7 Å². The first-order chi connectivity index (χ1) is 12.0. The molecule has 1 aromatic rings. The predicted molar refractivity (Wildman–Crippen MR) is 94.9 cm³/mol. The van der Waals surface area contributed by atoms with Gasteiger partial charge in [-0.25, -0.2) is 0 Å². The quantitative estimate of drug-likeness (QED) is 0.736. The van der Waals surface area contributed by atoms with Crippen molar-refractivity contribution in [2.24, 2.45) is 0 Å². The molecule has 1 amide bonds. The highest BCUT2D eigenvalue weighted by Gasteiger charge is 2.38. The lowest BCUT2D eigenvalue weighted by Crippen LogP contribution is -2.49. The molecule has 0 radical (unpaired) electrons. The maximum Gasteiger partial charge on any atom is 0.237 e. The summed E-state index contributed by atoms with van der Waals surface area (Å²) in [7, 11) is 1.68. The fraction of sp³-hybridized carbons (Fsp3) is 0.632. The van der Waals surface area contributed by atoms with Gasteiger partial charge in [-0.05, 0) is 32.3 Å². The van der Waals surface area contributed by atoms with Crippen molar-refractivity contribution in [3.05, 3.63) is 29.3 Å². The Morgan fingerprint density at radius 1 is 1.44 bits per heavy atom. The fourth-order valence-electron chi connectivity index (χ4n) is 3.84. The third kappa shape index (κ3) is 3.97. The molecule has 0 aliphatic carbocycles. The number of benzene rings is 1. The van der Waals surface area contributed by atoms with Gasteiger partial charge in [0, 0.05) is 37.3 Å². The second-order valence-corrected chi connectivity index (χ2v) is 7.16. The van der Waals surface area contributed by atoms with E-state index in [2.05, 4.69) is 23.6 Å². The van der Waals surface area contributed by atoms with Gasteiger partial charge in [-0.15, -0.1) is 0 Å². The Morgan fingerprint density at radius 2 is 2.20 bits per heavy atom. The summed E-state index contributed by atoms with van der Waals surface area (Å²) in [6.45, 7) is 4.44. The van der Waals surface area contributed by atoms with Gasteiger partial charge in [-0.3, -0.25) is 4.79 Å². The van der Waals surface area contributed by atoms with Crippen LogP contribution in [0.4, 0.5) is 0 Å². The van der Waals surface area contributed by atoms with Crippen molar-refractivity contribution in [2.75, 3.05) is 33.4 Å². The lowest BCUT2D eigenvalue weighted by atomic mass is 9.73. The van der Waals surface area contributed by atoms with Crippen LogP contribution in [-0.2, 0) is 14.9 Å². The Morgan fingerprint density at radius 3 is 2.84 bits per heavy atom. The van der Waals surface area contributed by atoms with E-state index in [1.54, 1.807) is 7.11 Å². The van der Waals surface area contributed by atoms with Gasteiger partial charge in [0.1, 0.15) is 5.75 Å². The summed E-state index contributed by atoms with van der Waals surface area (Å²) in [6.07, 6.45) is 1.71. The first kappa shape index (κ1) is 18.2. The maximum atomic E-state index is 12.5. The average molecular weight is 348 g/mol. The number of aryl methyl sites for hydroxylation is 1. The second-order valence-electron chi connectivity index (χ2n) is 7.16. The Hall–Kier alpha value is -1.63. The lowest BCUT2D eigenvalue weighted by Gasteiger charge is -2.39. The Labute approximate surface area is 148 Å². The van der Waals surface area contributed by atoms with E-state index >= 15 is 0 Å².